The Morgan fingerprint density at radius 1 is 1.33 bits per heavy atom. The average Bonchev–Trinajstić information content (AvgIpc) is 2.08. The van der Waals surface area contributed by atoms with Crippen molar-refractivity contribution in [3.63, 3.8) is 0 Å². The highest BCUT2D eigenvalue weighted by molar-refractivity contribution is 5.70. The molecule has 0 atom stereocenters. The zero-order chi connectivity index (χ0) is 11.7. The Labute approximate surface area is 92.6 Å². The predicted octanol–water partition coefficient (Wildman–Crippen LogP) is 1.72. The van der Waals surface area contributed by atoms with Gasteiger partial charge in [0, 0.05) is 19.5 Å². The molecule has 0 rings (SSSR count). The summed E-state index contributed by atoms with van der Waals surface area (Å²) in [5.74, 6) is 5.61. The van der Waals surface area contributed by atoms with Crippen LogP contribution in [0.15, 0.2) is 0 Å². The van der Waals surface area contributed by atoms with Crippen LogP contribution < -0.4 is 5.32 Å². The van der Waals surface area contributed by atoms with Gasteiger partial charge in [-0.05, 0) is 27.7 Å². The lowest BCUT2D eigenvalue weighted by Gasteiger charge is -2.19. The minimum absolute atomic E-state index is 0.156. The summed E-state index contributed by atoms with van der Waals surface area (Å²) >= 11 is 0. The van der Waals surface area contributed by atoms with E-state index in [0.29, 0.717) is 13.0 Å². The van der Waals surface area contributed by atoms with E-state index in [1.54, 1.807) is 0 Å². The van der Waals surface area contributed by atoms with Crippen LogP contribution in [0.3, 0.4) is 0 Å². The van der Waals surface area contributed by atoms with Gasteiger partial charge in [-0.2, -0.15) is 0 Å². The second-order valence-electron chi connectivity index (χ2n) is 4.26. The van der Waals surface area contributed by atoms with Crippen LogP contribution in [-0.2, 0) is 9.53 Å². The fourth-order valence-corrected chi connectivity index (χ4v) is 0.984. The quantitative estimate of drug-likeness (QED) is 0.427. The van der Waals surface area contributed by atoms with E-state index in [1.807, 2.05) is 27.7 Å². The van der Waals surface area contributed by atoms with Crippen LogP contribution in [0.2, 0.25) is 0 Å². The number of hydrogen-bond donors (Lipinski definition) is 1. The van der Waals surface area contributed by atoms with Gasteiger partial charge in [0.15, 0.2) is 0 Å². The summed E-state index contributed by atoms with van der Waals surface area (Å²) < 4.78 is 5.16. The highest BCUT2D eigenvalue weighted by Crippen LogP contribution is 2.07. The predicted molar refractivity (Wildman–Crippen MR) is 61.4 cm³/mol. The van der Waals surface area contributed by atoms with Crippen LogP contribution in [0.25, 0.3) is 0 Å². The summed E-state index contributed by atoms with van der Waals surface area (Å²) in [5.41, 5.74) is -0.384. The van der Waals surface area contributed by atoms with Gasteiger partial charge in [-0.3, -0.25) is 4.79 Å². The summed E-state index contributed by atoms with van der Waals surface area (Å²) in [6, 6.07) is 0. The maximum atomic E-state index is 11.3. The smallest absolute Gasteiger partial charge is 0.307 e. The van der Waals surface area contributed by atoms with Gasteiger partial charge >= 0.3 is 5.97 Å². The summed E-state index contributed by atoms with van der Waals surface area (Å²) in [5, 5.41) is 3.13. The van der Waals surface area contributed by atoms with Crippen molar-refractivity contribution in [1.82, 2.24) is 5.32 Å². The van der Waals surface area contributed by atoms with Crippen molar-refractivity contribution >= 4 is 5.97 Å². The molecule has 0 aliphatic rings. The summed E-state index contributed by atoms with van der Waals surface area (Å²) in [6.07, 6.45) is 1.24. The van der Waals surface area contributed by atoms with Gasteiger partial charge in [-0.15, -0.1) is 11.8 Å². The Bertz CT molecular complexity index is 243. The van der Waals surface area contributed by atoms with Crippen molar-refractivity contribution in [3.8, 4) is 11.8 Å². The lowest BCUT2D eigenvalue weighted by molar-refractivity contribution is -0.154. The lowest BCUT2D eigenvalue weighted by atomic mass is 10.2. The molecule has 0 saturated carbocycles. The minimum Gasteiger partial charge on any atom is -0.460 e. The van der Waals surface area contributed by atoms with Gasteiger partial charge in [-0.1, -0.05) is 0 Å². The molecule has 0 radical (unpaired) electrons. The van der Waals surface area contributed by atoms with E-state index in [-0.39, 0.29) is 11.6 Å². The first-order valence-corrected chi connectivity index (χ1v) is 5.28. The maximum absolute atomic E-state index is 11.3. The zero-order valence-electron chi connectivity index (χ0n) is 10.1. The fourth-order valence-electron chi connectivity index (χ4n) is 0.984. The lowest BCUT2D eigenvalue weighted by Crippen LogP contribution is -2.27. The number of rotatable bonds is 5. The molecule has 0 aromatic heterocycles. The summed E-state index contributed by atoms with van der Waals surface area (Å²) in [4.78, 5) is 11.3. The summed E-state index contributed by atoms with van der Waals surface area (Å²) in [7, 11) is 0. The number of hydrogen-bond acceptors (Lipinski definition) is 3. The van der Waals surface area contributed by atoms with Crippen LogP contribution in [-0.4, -0.2) is 24.7 Å². The molecule has 1 N–H and O–H groups in total. The normalized spacial score (nSPS) is 10.4. The molecule has 3 nitrogen and oxygen atoms in total. The first-order chi connectivity index (χ1) is 6.95. The molecule has 0 spiro atoms. The van der Waals surface area contributed by atoms with Crippen LogP contribution >= 0.6 is 0 Å². The van der Waals surface area contributed by atoms with Crippen molar-refractivity contribution in [1.29, 1.82) is 0 Å². The molecule has 0 unspecified atom stereocenters. The van der Waals surface area contributed by atoms with E-state index < -0.39 is 0 Å². The third-order valence-corrected chi connectivity index (χ3v) is 1.53. The van der Waals surface area contributed by atoms with Crippen molar-refractivity contribution in [2.24, 2.45) is 0 Å². The number of carbonyl (C=O) groups is 1. The van der Waals surface area contributed by atoms with Gasteiger partial charge in [0.1, 0.15) is 5.60 Å². The van der Waals surface area contributed by atoms with Gasteiger partial charge < -0.3 is 10.1 Å². The molecule has 0 heterocycles. The molecule has 0 aromatic carbocycles. The average molecular weight is 211 g/mol. The molecule has 15 heavy (non-hydrogen) atoms. The second kappa shape index (κ2) is 7.30. The molecule has 0 amide bonds. The standard InChI is InChI=1S/C12H21NO2/c1-5-6-7-9-13-10-8-11(14)15-12(2,3)4/h13H,7-10H2,1-4H3. The van der Waals surface area contributed by atoms with E-state index >= 15 is 0 Å². The molecule has 86 valence electrons. The molecule has 0 aliphatic heterocycles. The molecular weight excluding hydrogens is 190 g/mol. The number of carbonyl (C=O) groups excluding carboxylic acids is 1. The molecule has 0 aliphatic carbocycles. The zero-order valence-corrected chi connectivity index (χ0v) is 10.1. The molecular formula is C12H21NO2. The van der Waals surface area contributed by atoms with E-state index in [4.69, 9.17) is 4.74 Å². The van der Waals surface area contributed by atoms with Gasteiger partial charge in [0.05, 0.1) is 6.42 Å². The fraction of sp³-hybridized carbons (Fsp3) is 0.750. The third kappa shape index (κ3) is 10.9. The molecule has 0 fully saturated rings. The largest absolute Gasteiger partial charge is 0.460 e. The third-order valence-electron chi connectivity index (χ3n) is 1.53. The van der Waals surface area contributed by atoms with Crippen LogP contribution in [0.5, 0.6) is 0 Å². The monoisotopic (exact) mass is 211 g/mol. The van der Waals surface area contributed by atoms with Crippen LogP contribution in [0.4, 0.5) is 0 Å². The minimum atomic E-state index is -0.384. The Morgan fingerprint density at radius 3 is 2.53 bits per heavy atom. The Morgan fingerprint density at radius 2 is 2.00 bits per heavy atom. The van der Waals surface area contributed by atoms with Crippen molar-refractivity contribution < 1.29 is 9.53 Å². The topological polar surface area (TPSA) is 38.3 Å². The van der Waals surface area contributed by atoms with E-state index in [2.05, 4.69) is 17.2 Å². The summed E-state index contributed by atoms with van der Waals surface area (Å²) in [6.45, 7) is 8.91. The van der Waals surface area contributed by atoms with Crippen LogP contribution in [0.1, 0.15) is 40.5 Å². The van der Waals surface area contributed by atoms with Gasteiger partial charge in [0.2, 0.25) is 0 Å². The molecule has 0 aromatic rings. The maximum Gasteiger partial charge on any atom is 0.307 e. The van der Waals surface area contributed by atoms with E-state index in [1.165, 1.54) is 0 Å². The highest BCUT2D eigenvalue weighted by atomic mass is 16.6. The number of ether oxygens (including phenoxy) is 1. The number of esters is 1. The SMILES string of the molecule is CC#CCCNCCC(=O)OC(C)(C)C. The van der Waals surface area contributed by atoms with Crippen molar-refractivity contribution in [3.05, 3.63) is 0 Å². The molecule has 3 heteroatoms. The van der Waals surface area contributed by atoms with Crippen molar-refractivity contribution in [2.45, 2.75) is 46.1 Å². The van der Waals surface area contributed by atoms with E-state index in [9.17, 15) is 4.79 Å². The number of nitrogens with one attached hydrogen (secondary N) is 1. The first-order valence-electron chi connectivity index (χ1n) is 5.28. The van der Waals surface area contributed by atoms with E-state index in [0.717, 1.165) is 13.0 Å². The molecule has 0 saturated heterocycles. The second-order valence-corrected chi connectivity index (χ2v) is 4.26. The Hall–Kier alpha value is -1.01. The van der Waals surface area contributed by atoms with Gasteiger partial charge in [0.25, 0.3) is 0 Å². The van der Waals surface area contributed by atoms with Gasteiger partial charge in [-0.25, -0.2) is 0 Å². The van der Waals surface area contributed by atoms with Crippen molar-refractivity contribution in [2.75, 3.05) is 13.1 Å². The van der Waals surface area contributed by atoms with Crippen LogP contribution in [0, 0.1) is 11.8 Å². The Kier molecular flexibility index (Phi) is 6.81. The molecule has 0 bridgehead atoms. The first kappa shape index (κ1) is 14.0. The Balaban J connectivity index is 3.42. The highest BCUT2D eigenvalue weighted by Gasteiger charge is 2.15.